The molecular weight excluding hydrogens is 455 g/mol. The molecule has 5 heteroatoms. The maximum Gasteiger partial charge on any atom is 0.159 e. The van der Waals surface area contributed by atoms with Crippen LogP contribution in [0.1, 0.15) is 36.0 Å². The Hall–Kier alpha value is -3.47. The first-order valence-electron chi connectivity index (χ1n) is 11.6. The topological polar surface area (TPSA) is 0 Å². The third-order valence-corrected chi connectivity index (χ3v) is 6.21. The van der Waals surface area contributed by atoms with Gasteiger partial charge in [0, 0.05) is 11.1 Å². The lowest BCUT2D eigenvalue weighted by molar-refractivity contribution is 0.509. The van der Waals surface area contributed by atoms with Gasteiger partial charge in [-0.15, -0.1) is 0 Å². The quantitative estimate of drug-likeness (QED) is 0.174. The number of benzene rings is 4. The van der Waals surface area contributed by atoms with Crippen LogP contribution >= 0.6 is 0 Å². The smallest absolute Gasteiger partial charge is 0.159 e. The second-order valence-electron chi connectivity index (χ2n) is 8.78. The fraction of sp³-hybridized carbons (Fsp3) is 0.200. The first-order valence-corrected chi connectivity index (χ1v) is 11.6. The molecule has 0 aliphatic heterocycles. The molecule has 0 atom stereocenters. The van der Waals surface area contributed by atoms with Crippen molar-refractivity contribution in [3.05, 3.63) is 119 Å². The summed E-state index contributed by atoms with van der Waals surface area (Å²) >= 11 is 0. The van der Waals surface area contributed by atoms with Crippen molar-refractivity contribution in [2.75, 3.05) is 0 Å². The normalized spacial score (nSPS) is 11.1. The Morgan fingerprint density at radius 3 is 1.46 bits per heavy atom. The molecule has 35 heavy (non-hydrogen) atoms. The minimum Gasteiger partial charge on any atom is -0.207 e. The molecule has 0 unspecified atom stereocenters. The van der Waals surface area contributed by atoms with Gasteiger partial charge in [-0.05, 0) is 90.8 Å². The summed E-state index contributed by atoms with van der Waals surface area (Å²) in [6, 6.07) is 17.9. The van der Waals surface area contributed by atoms with Crippen molar-refractivity contribution < 1.29 is 22.0 Å². The highest BCUT2D eigenvalue weighted by Gasteiger charge is 2.11. The maximum absolute atomic E-state index is 14.6. The summed E-state index contributed by atoms with van der Waals surface area (Å²) in [6.45, 7) is 1.67. The van der Waals surface area contributed by atoms with E-state index in [2.05, 4.69) is 0 Å². The number of halogens is 5. The number of unbranched alkanes of at least 4 members (excludes halogenated alkanes) is 2. The highest BCUT2D eigenvalue weighted by molar-refractivity contribution is 5.65. The van der Waals surface area contributed by atoms with E-state index >= 15 is 0 Å². The average Bonchev–Trinajstić information content (AvgIpc) is 2.83. The molecule has 4 rings (SSSR count). The summed E-state index contributed by atoms with van der Waals surface area (Å²) in [4.78, 5) is 0. The lowest BCUT2D eigenvalue weighted by Crippen LogP contribution is -1.94. The van der Waals surface area contributed by atoms with Crippen molar-refractivity contribution in [2.45, 2.75) is 39.0 Å². The molecule has 4 aromatic carbocycles. The van der Waals surface area contributed by atoms with Crippen molar-refractivity contribution in [2.24, 2.45) is 0 Å². The molecule has 0 aliphatic carbocycles. The van der Waals surface area contributed by atoms with Crippen LogP contribution in [0.3, 0.4) is 0 Å². The van der Waals surface area contributed by atoms with Gasteiger partial charge in [-0.25, -0.2) is 22.0 Å². The standard InChI is InChI=1S/C30H25F5/c1-19-7-10-22(17-27(19)32)24-12-8-20(15-28(24)33)5-3-2-4-6-21-9-13-25(29(34)16-21)23-11-14-26(31)30(35)18-23/h7-18H,2-6H2,1H3. The van der Waals surface area contributed by atoms with Crippen LogP contribution in [-0.2, 0) is 12.8 Å². The molecule has 180 valence electrons. The Kier molecular flexibility index (Phi) is 7.64. The van der Waals surface area contributed by atoms with Crippen molar-refractivity contribution in [3.8, 4) is 22.3 Å². The van der Waals surface area contributed by atoms with Crippen LogP contribution in [-0.4, -0.2) is 0 Å². The van der Waals surface area contributed by atoms with Gasteiger partial charge in [0.1, 0.15) is 17.5 Å². The summed E-state index contributed by atoms with van der Waals surface area (Å²) < 4.78 is 69.5. The molecule has 0 fully saturated rings. The zero-order valence-corrected chi connectivity index (χ0v) is 19.4. The van der Waals surface area contributed by atoms with Gasteiger partial charge in [0.15, 0.2) is 11.6 Å². The van der Waals surface area contributed by atoms with Crippen LogP contribution < -0.4 is 0 Å². The average molecular weight is 481 g/mol. The number of hydrogen-bond donors (Lipinski definition) is 0. The van der Waals surface area contributed by atoms with Gasteiger partial charge in [-0.3, -0.25) is 0 Å². The van der Waals surface area contributed by atoms with Crippen LogP contribution in [0.25, 0.3) is 22.3 Å². The SMILES string of the molecule is Cc1ccc(-c2ccc(CCCCCc3ccc(-c4ccc(F)c(F)c4)c(F)c3)cc2F)cc1F. The Bertz CT molecular complexity index is 1240. The van der Waals surface area contributed by atoms with Crippen molar-refractivity contribution in [1.82, 2.24) is 0 Å². The van der Waals surface area contributed by atoms with E-state index in [9.17, 15) is 22.0 Å². The largest absolute Gasteiger partial charge is 0.207 e. The lowest BCUT2D eigenvalue weighted by atomic mass is 9.98. The Morgan fingerprint density at radius 1 is 0.457 bits per heavy atom. The van der Waals surface area contributed by atoms with Gasteiger partial charge in [0.2, 0.25) is 0 Å². The van der Waals surface area contributed by atoms with E-state index in [1.54, 1.807) is 37.3 Å². The first-order chi connectivity index (χ1) is 16.8. The van der Waals surface area contributed by atoms with Gasteiger partial charge in [0.25, 0.3) is 0 Å². The molecule has 0 saturated carbocycles. The molecule has 4 aromatic rings. The zero-order chi connectivity index (χ0) is 24.9. The van der Waals surface area contributed by atoms with Crippen LogP contribution in [0.2, 0.25) is 0 Å². The Morgan fingerprint density at radius 2 is 0.971 bits per heavy atom. The summed E-state index contributed by atoms with van der Waals surface area (Å²) in [5, 5.41) is 0. The second-order valence-corrected chi connectivity index (χ2v) is 8.78. The predicted molar refractivity (Wildman–Crippen MR) is 130 cm³/mol. The molecule has 0 radical (unpaired) electrons. The van der Waals surface area contributed by atoms with Gasteiger partial charge >= 0.3 is 0 Å². The number of aryl methyl sites for hydroxylation is 3. The molecule has 0 bridgehead atoms. The van der Waals surface area contributed by atoms with Crippen LogP contribution in [0.15, 0.2) is 72.8 Å². The monoisotopic (exact) mass is 480 g/mol. The Balaban J connectivity index is 1.28. The summed E-state index contributed by atoms with van der Waals surface area (Å²) in [5.41, 5.74) is 3.63. The van der Waals surface area contributed by atoms with E-state index in [-0.39, 0.29) is 17.2 Å². The molecule has 0 spiro atoms. The summed E-state index contributed by atoms with van der Waals surface area (Å²) in [6.07, 6.45) is 3.98. The van der Waals surface area contributed by atoms with Gasteiger partial charge < -0.3 is 0 Å². The van der Waals surface area contributed by atoms with E-state index in [1.807, 2.05) is 6.07 Å². The Labute approximate surface area is 202 Å². The van der Waals surface area contributed by atoms with E-state index < -0.39 is 17.5 Å². The third kappa shape index (κ3) is 5.97. The van der Waals surface area contributed by atoms with Crippen LogP contribution in [0.4, 0.5) is 22.0 Å². The van der Waals surface area contributed by atoms with Crippen molar-refractivity contribution >= 4 is 0 Å². The number of hydrogen-bond acceptors (Lipinski definition) is 0. The van der Waals surface area contributed by atoms with Gasteiger partial charge in [-0.2, -0.15) is 0 Å². The van der Waals surface area contributed by atoms with E-state index in [0.29, 0.717) is 35.1 Å². The second kappa shape index (κ2) is 10.9. The van der Waals surface area contributed by atoms with Crippen molar-refractivity contribution in [1.29, 1.82) is 0 Å². The number of rotatable bonds is 8. The molecule has 0 nitrogen and oxygen atoms in total. The zero-order valence-electron chi connectivity index (χ0n) is 19.4. The molecule has 0 aliphatic rings. The molecule has 0 N–H and O–H groups in total. The molecule has 0 saturated heterocycles. The fourth-order valence-electron chi connectivity index (χ4n) is 4.16. The van der Waals surface area contributed by atoms with Crippen LogP contribution in [0.5, 0.6) is 0 Å². The van der Waals surface area contributed by atoms with Gasteiger partial charge in [-0.1, -0.05) is 48.9 Å². The minimum absolute atomic E-state index is 0.228. The lowest BCUT2D eigenvalue weighted by Gasteiger charge is -2.09. The molecular formula is C30H25F5. The summed E-state index contributed by atoms with van der Waals surface area (Å²) in [5.74, 6) is -3.18. The minimum atomic E-state index is -1.01. The van der Waals surface area contributed by atoms with Gasteiger partial charge in [0.05, 0.1) is 0 Å². The fourth-order valence-corrected chi connectivity index (χ4v) is 4.16. The van der Waals surface area contributed by atoms with E-state index in [1.165, 1.54) is 24.3 Å². The molecule has 0 amide bonds. The van der Waals surface area contributed by atoms with E-state index in [4.69, 9.17) is 0 Å². The maximum atomic E-state index is 14.6. The first kappa shape index (κ1) is 24.6. The molecule has 0 aromatic heterocycles. The predicted octanol–water partition coefficient (Wildman–Crippen LogP) is 8.98. The highest BCUT2D eigenvalue weighted by Crippen LogP contribution is 2.27. The summed E-state index contributed by atoms with van der Waals surface area (Å²) in [7, 11) is 0. The van der Waals surface area contributed by atoms with E-state index in [0.717, 1.165) is 42.5 Å². The van der Waals surface area contributed by atoms with Crippen LogP contribution in [0, 0.1) is 36.0 Å². The molecule has 0 heterocycles. The highest BCUT2D eigenvalue weighted by atomic mass is 19.2. The van der Waals surface area contributed by atoms with Crippen molar-refractivity contribution in [3.63, 3.8) is 0 Å². The third-order valence-electron chi connectivity index (χ3n) is 6.21.